The highest BCUT2D eigenvalue weighted by Crippen LogP contribution is 2.15. The van der Waals surface area contributed by atoms with Gasteiger partial charge in [-0.3, -0.25) is 4.79 Å². The number of rotatable bonds is 12. The van der Waals surface area contributed by atoms with E-state index in [0.717, 1.165) is 17.7 Å². The van der Waals surface area contributed by atoms with Gasteiger partial charge in [-0.1, -0.05) is 55.8 Å². The van der Waals surface area contributed by atoms with Gasteiger partial charge in [0.15, 0.2) is 0 Å². The Labute approximate surface area is 174 Å². The van der Waals surface area contributed by atoms with Crippen LogP contribution >= 0.6 is 0 Å². The molecule has 3 atom stereocenters. The number of carbonyl (C=O) groups excluding carboxylic acids is 1. The third kappa shape index (κ3) is 8.26. The van der Waals surface area contributed by atoms with Gasteiger partial charge in [0, 0.05) is 18.5 Å². The number of unbranched alkanes of at least 4 members (excludes halogenated alkanes) is 1. The molecule has 29 heavy (non-hydrogen) atoms. The number of aliphatic hydroxyl groups is 1. The summed E-state index contributed by atoms with van der Waals surface area (Å²) >= 11 is 0. The summed E-state index contributed by atoms with van der Waals surface area (Å²) in [6, 6.07) is 17.4. The molecule has 1 amide bonds. The Bertz CT molecular complexity index is 717. The predicted octanol–water partition coefficient (Wildman–Crippen LogP) is 3.23. The number of ether oxygens (including phenoxy) is 1. The second-order valence-electron chi connectivity index (χ2n) is 7.58. The van der Waals surface area contributed by atoms with E-state index in [4.69, 9.17) is 10.5 Å². The molecule has 0 aliphatic carbocycles. The van der Waals surface area contributed by atoms with E-state index in [1.165, 1.54) is 18.4 Å². The molecule has 0 spiro atoms. The van der Waals surface area contributed by atoms with Gasteiger partial charge in [-0.15, -0.1) is 0 Å². The van der Waals surface area contributed by atoms with E-state index in [1.807, 2.05) is 42.5 Å². The Kier molecular flexibility index (Phi) is 9.68. The summed E-state index contributed by atoms with van der Waals surface area (Å²) in [5.41, 5.74) is 8.09. The zero-order chi connectivity index (χ0) is 21.1. The van der Waals surface area contributed by atoms with E-state index < -0.39 is 18.1 Å². The zero-order valence-electron chi connectivity index (χ0n) is 17.5. The van der Waals surface area contributed by atoms with Gasteiger partial charge in [-0.2, -0.15) is 0 Å². The SMILES string of the molecule is CCCCc1ccc(OCC[C@@H](Cc2ccccc2)NC(=O)[C@H](O)[C@H](C)N)cc1. The van der Waals surface area contributed by atoms with Crippen LogP contribution in [0.5, 0.6) is 5.75 Å². The Morgan fingerprint density at radius 1 is 1.10 bits per heavy atom. The molecule has 2 rings (SSSR count). The number of nitrogens with one attached hydrogen (secondary N) is 1. The van der Waals surface area contributed by atoms with Crippen molar-refractivity contribution in [3.63, 3.8) is 0 Å². The molecular weight excluding hydrogens is 364 g/mol. The van der Waals surface area contributed by atoms with E-state index >= 15 is 0 Å². The number of aliphatic hydroxyl groups excluding tert-OH is 1. The van der Waals surface area contributed by atoms with Crippen molar-refractivity contribution in [2.45, 2.75) is 64.1 Å². The third-order valence-electron chi connectivity index (χ3n) is 4.92. The molecule has 0 saturated heterocycles. The number of carbonyl (C=O) groups is 1. The lowest BCUT2D eigenvalue weighted by atomic mass is 10.0. The maximum atomic E-state index is 12.3. The van der Waals surface area contributed by atoms with Gasteiger partial charge < -0.3 is 20.9 Å². The Hall–Kier alpha value is -2.37. The molecule has 0 fully saturated rings. The summed E-state index contributed by atoms with van der Waals surface area (Å²) in [6.45, 7) is 4.28. The number of benzene rings is 2. The highest BCUT2D eigenvalue weighted by molar-refractivity contribution is 5.81. The van der Waals surface area contributed by atoms with Crippen LogP contribution in [-0.2, 0) is 17.6 Å². The molecule has 5 nitrogen and oxygen atoms in total. The summed E-state index contributed by atoms with van der Waals surface area (Å²) in [6.07, 6.45) is 3.54. The van der Waals surface area contributed by atoms with Crippen molar-refractivity contribution in [1.29, 1.82) is 0 Å². The number of hydrogen-bond acceptors (Lipinski definition) is 4. The average Bonchev–Trinajstić information content (AvgIpc) is 2.73. The lowest BCUT2D eigenvalue weighted by Gasteiger charge is -2.22. The monoisotopic (exact) mass is 398 g/mol. The minimum absolute atomic E-state index is 0.151. The largest absolute Gasteiger partial charge is 0.494 e. The van der Waals surface area contributed by atoms with E-state index in [9.17, 15) is 9.90 Å². The first-order valence-electron chi connectivity index (χ1n) is 10.5. The maximum absolute atomic E-state index is 12.3. The summed E-state index contributed by atoms with van der Waals surface area (Å²) < 4.78 is 5.88. The fourth-order valence-corrected chi connectivity index (χ4v) is 3.10. The molecule has 5 heteroatoms. The first kappa shape index (κ1) is 22.9. The van der Waals surface area contributed by atoms with Crippen LogP contribution in [0.1, 0.15) is 44.2 Å². The smallest absolute Gasteiger partial charge is 0.250 e. The molecule has 158 valence electrons. The van der Waals surface area contributed by atoms with Crippen molar-refractivity contribution < 1.29 is 14.6 Å². The Balaban J connectivity index is 1.91. The molecule has 2 aromatic rings. The van der Waals surface area contributed by atoms with Gasteiger partial charge in [-0.05, 0) is 49.4 Å². The molecule has 0 bridgehead atoms. The van der Waals surface area contributed by atoms with Gasteiger partial charge in [0.25, 0.3) is 5.91 Å². The first-order valence-corrected chi connectivity index (χ1v) is 10.5. The van der Waals surface area contributed by atoms with Gasteiger partial charge in [0.2, 0.25) is 0 Å². The van der Waals surface area contributed by atoms with E-state index in [1.54, 1.807) is 6.92 Å². The van der Waals surface area contributed by atoms with Crippen LogP contribution in [0.15, 0.2) is 54.6 Å². The van der Waals surface area contributed by atoms with Crippen molar-refractivity contribution in [1.82, 2.24) is 5.32 Å². The van der Waals surface area contributed by atoms with Crippen LogP contribution in [-0.4, -0.2) is 35.8 Å². The number of aryl methyl sites for hydroxylation is 1. The van der Waals surface area contributed by atoms with Crippen molar-refractivity contribution in [3.8, 4) is 5.75 Å². The maximum Gasteiger partial charge on any atom is 0.250 e. The van der Waals surface area contributed by atoms with Crippen LogP contribution in [0.3, 0.4) is 0 Å². The number of hydrogen-bond donors (Lipinski definition) is 3. The van der Waals surface area contributed by atoms with Crippen molar-refractivity contribution in [2.75, 3.05) is 6.61 Å². The van der Waals surface area contributed by atoms with Gasteiger partial charge in [0.1, 0.15) is 11.9 Å². The van der Waals surface area contributed by atoms with Crippen LogP contribution in [0.2, 0.25) is 0 Å². The summed E-state index contributed by atoms with van der Waals surface area (Å²) in [5, 5.41) is 12.8. The third-order valence-corrected chi connectivity index (χ3v) is 4.92. The summed E-state index contributed by atoms with van der Waals surface area (Å²) in [5.74, 6) is 0.381. The number of nitrogens with two attached hydrogens (primary N) is 1. The van der Waals surface area contributed by atoms with E-state index in [0.29, 0.717) is 19.4 Å². The molecule has 0 unspecified atom stereocenters. The van der Waals surface area contributed by atoms with Crippen LogP contribution < -0.4 is 15.8 Å². The van der Waals surface area contributed by atoms with Crippen LogP contribution in [0, 0.1) is 0 Å². The highest BCUT2D eigenvalue weighted by atomic mass is 16.5. The van der Waals surface area contributed by atoms with Crippen molar-refractivity contribution >= 4 is 5.91 Å². The molecule has 0 saturated carbocycles. The summed E-state index contributed by atoms with van der Waals surface area (Å²) in [4.78, 5) is 12.3. The molecule has 0 aliphatic heterocycles. The molecule has 0 aliphatic rings. The van der Waals surface area contributed by atoms with Crippen molar-refractivity contribution in [3.05, 3.63) is 65.7 Å². The number of amides is 1. The molecular formula is C24H34N2O3. The highest BCUT2D eigenvalue weighted by Gasteiger charge is 2.22. The first-order chi connectivity index (χ1) is 14.0. The molecule has 2 aromatic carbocycles. The van der Waals surface area contributed by atoms with Crippen LogP contribution in [0.25, 0.3) is 0 Å². The second-order valence-corrected chi connectivity index (χ2v) is 7.58. The summed E-state index contributed by atoms with van der Waals surface area (Å²) in [7, 11) is 0. The average molecular weight is 399 g/mol. The zero-order valence-corrected chi connectivity index (χ0v) is 17.5. The Morgan fingerprint density at radius 2 is 1.79 bits per heavy atom. The molecule has 4 N–H and O–H groups in total. The second kappa shape index (κ2) is 12.2. The lowest BCUT2D eigenvalue weighted by molar-refractivity contribution is -0.130. The van der Waals surface area contributed by atoms with Crippen LogP contribution in [0.4, 0.5) is 0 Å². The van der Waals surface area contributed by atoms with E-state index in [-0.39, 0.29) is 6.04 Å². The molecule has 0 aromatic heterocycles. The fourth-order valence-electron chi connectivity index (χ4n) is 3.10. The topological polar surface area (TPSA) is 84.6 Å². The predicted molar refractivity (Wildman–Crippen MR) is 117 cm³/mol. The molecule has 0 heterocycles. The Morgan fingerprint density at radius 3 is 2.41 bits per heavy atom. The van der Waals surface area contributed by atoms with Gasteiger partial charge in [0.05, 0.1) is 6.61 Å². The normalized spacial score (nSPS) is 14.1. The molecule has 0 radical (unpaired) electrons. The standard InChI is InChI=1S/C24H34N2O3/c1-3-4-8-19-11-13-22(14-12-19)29-16-15-21(17-20-9-6-5-7-10-20)26-24(28)23(27)18(2)25/h5-7,9-14,18,21,23,27H,3-4,8,15-17,25H2,1-2H3,(H,26,28)/t18-,21-,23+/m0/s1. The minimum Gasteiger partial charge on any atom is -0.494 e. The van der Waals surface area contributed by atoms with Crippen molar-refractivity contribution in [2.24, 2.45) is 5.73 Å². The minimum atomic E-state index is -1.22. The van der Waals surface area contributed by atoms with E-state index in [2.05, 4.69) is 24.4 Å². The van der Waals surface area contributed by atoms with Gasteiger partial charge >= 0.3 is 0 Å². The quantitative estimate of drug-likeness (QED) is 0.512. The lowest BCUT2D eigenvalue weighted by Crippen LogP contribution is -2.49. The van der Waals surface area contributed by atoms with Gasteiger partial charge in [-0.25, -0.2) is 0 Å². The fraction of sp³-hybridized carbons (Fsp3) is 0.458.